The first-order valence-electron chi connectivity index (χ1n) is 5.03. The topological polar surface area (TPSA) is 4.44 Å². The van der Waals surface area contributed by atoms with Crippen LogP contribution in [0.1, 0.15) is 32.1 Å². The molecule has 0 spiro atoms. The molecule has 1 aliphatic heterocycles. The minimum Gasteiger partial charge on any atom is -0.468 e. The Morgan fingerprint density at radius 1 is 1.00 bits per heavy atom. The first-order valence-corrected chi connectivity index (χ1v) is 5.03. The molecule has 1 nitrogen and oxygen atoms in total. The summed E-state index contributed by atoms with van der Waals surface area (Å²) in [5.74, 6) is 2.11. The molecule has 1 heteroatoms. The average Bonchev–Trinajstić information content (AvgIpc) is 2.04. The Kier molecular flexibility index (Phi) is 2.17. The zero-order valence-corrected chi connectivity index (χ0v) is 7.31. The van der Waals surface area contributed by atoms with Gasteiger partial charge in [0, 0.05) is 5.92 Å². The first kappa shape index (κ1) is 7.60. The van der Waals surface area contributed by atoms with Gasteiger partial charge in [-0.3, -0.25) is 0 Å². The van der Waals surface area contributed by atoms with E-state index in [9.17, 15) is 0 Å². The molecule has 0 bridgehead atoms. The molecule has 0 aromatic rings. The van der Waals surface area contributed by atoms with E-state index in [0.717, 1.165) is 11.8 Å². The molecule has 1 unspecified atom stereocenters. The van der Waals surface area contributed by atoms with E-state index in [4.69, 9.17) is 0 Å². The normalized spacial score (nSPS) is 45.0. The van der Waals surface area contributed by atoms with Gasteiger partial charge in [0.15, 0.2) is 0 Å². The average molecular weight is 153 g/mol. The SMILES string of the molecule is [CH2-][NH+]1CC[C@@H]2CCCC[C@@H]2C1. The van der Waals surface area contributed by atoms with Crippen LogP contribution in [0.3, 0.4) is 0 Å². The fourth-order valence-electron chi connectivity index (χ4n) is 2.80. The van der Waals surface area contributed by atoms with Crippen molar-refractivity contribution in [2.45, 2.75) is 32.1 Å². The van der Waals surface area contributed by atoms with E-state index in [1.165, 1.54) is 50.1 Å². The lowest BCUT2D eigenvalue weighted by Crippen LogP contribution is -3.09. The number of rotatable bonds is 0. The van der Waals surface area contributed by atoms with E-state index in [-0.39, 0.29) is 0 Å². The Bertz CT molecular complexity index is 133. The van der Waals surface area contributed by atoms with E-state index < -0.39 is 0 Å². The van der Waals surface area contributed by atoms with Crippen LogP contribution in [0.15, 0.2) is 0 Å². The minimum atomic E-state index is 1.03. The third-order valence-corrected chi connectivity index (χ3v) is 3.49. The maximum atomic E-state index is 4.11. The summed E-state index contributed by atoms with van der Waals surface area (Å²) in [6, 6.07) is 0. The molecule has 0 aromatic heterocycles. The molecule has 1 aliphatic carbocycles. The van der Waals surface area contributed by atoms with Gasteiger partial charge in [-0.25, -0.2) is 0 Å². The molecule has 2 aliphatic rings. The molecule has 1 saturated heterocycles. The van der Waals surface area contributed by atoms with Crippen molar-refractivity contribution in [2.24, 2.45) is 11.8 Å². The number of fused-ring (bicyclic) bond motifs is 1. The van der Waals surface area contributed by atoms with Crippen LogP contribution in [0.2, 0.25) is 0 Å². The van der Waals surface area contributed by atoms with Gasteiger partial charge in [-0.2, -0.15) is 7.05 Å². The number of hydrogen-bond acceptors (Lipinski definition) is 0. The van der Waals surface area contributed by atoms with Crippen molar-refractivity contribution in [3.63, 3.8) is 0 Å². The second-order valence-corrected chi connectivity index (χ2v) is 4.30. The molecule has 0 radical (unpaired) electrons. The summed E-state index contributed by atoms with van der Waals surface area (Å²) in [7, 11) is 4.11. The molecule has 2 fully saturated rings. The lowest BCUT2D eigenvalue weighted by atomic mass is 9.75. The van der Waals surface area contributed by atoms with E-state index in [0.29, 0.717) is 0 Å². The molecular formula is C10H19N. The Balaban J connectivity index is 1.93. The van der Waals surface area contributed by atoms with Crippen molar-refractivity contribution in [3.8, 4) is 0 Å². The quantitative estimate of drug-likeness (QED) is 0.493. The van der Waals surface area contributed by atoms with E-state index in [1.807, 2.05) is 0 Å². The highest BCUT2D eigenvalue weighted by molar-refractivity contribution is 4.76. The Morgan fingerprint density at radius 2 is 1.73 bits per heavy atom. The zero-order valence-electron chi connectivity index (χ0n) is 7.31. The van der Waals surface area contributed by atoms with Crippen molar-refractivity contribution in [1.29, 1.82) is 0 Å². The first-order chi connectivity index (χ1) is 5.36. The van der Waals surface area contributed by atoms with Crippen LogP contribution >= 0.6 is 0 Å². The van der Waals surface area contributed by atoms with Gasteiger partial charge in [-0.05, 0) is 25.2 Å². The molecule has 1 N–H and O–H groups in total. The molecule has 0 amide bonds. The predicted octanol–water partition coefficient (Wildman–Crippen LogP) is 0.873. The lowest BCUT2D eigenvalue weighted by molar-refractivity contribution is -0.865. The Hall–Kier alpha value is -0.0400. The van der Waals surface area contributed by atoms with Gasteiger partial charge in [-0.1, -0.05) is 12.8 Å². The van der Waals surface area contributed by atoms with E-state index in [1.54, 1.807) is 0 Å². The third kappa shape index (κ3) is 1.58. The molecule has 1 saturated carbocycles. The molecular weight excluding hydrogens is 134 g/mol. The van der Waals surface area contributed by atoms with Crippen LogP contribution < -0.4 is 4.90 Å². The van der Waals surface area contributed by atoms with Gasteiger partial charge in [0.1, 0.15) is 0 Å². The molecule has 3 atom stereocenters. The zero-order chi connectivity index (χ0) is 7.68. The summed E-state index contributed by atoms with van der Waals surface area (Å²) < 4.78 is 0. The highest BCUT2D eigenvalue weighted by Gasteiger charge is 2.30. The summed E-state index contributed by atoms with van der Waals surface area (Å²) >= 11 is 0. The largest absolute Gasteiger partial charge is 0.468 e. The van der Waals surface area contributed by atoms with Gasteiger partial charge in [0.25, 0.3) is 0 Å². The monoisotopic (exact) mass is 153 g/mol. The second kappa shape index (κ2) is 3.14. The standard InChI is InChI=1S/C10H19N/c1-11-7-6-9-4-2-3-5-10(9)8-11/h9-11H,1-8H2/t9-,10+/m0/s1. The second-order valence-electron chi connectivity index (χ2n) is 4.30. The number of hydrogen-bond donors (Lipinski definition) is 1. The highest BCUT2D eigenvalue weighted by atomic mass is 15.1. The Morgan fingerprint density at radius 3 is 2.55 bits per heavy atom. The van der Waals surface area contributed by atoms with Crippen molar-refractivity contribution in [2.75, 3.05) is 13.1 Å². The minimum absolute atomic E-state index is 1.03. The van der Waals surface area contributed by atoms with Crippen LogP contribution in [0, 0.1) is 18.9 Å². The number of quaternary nitrogens is 1. The summed E-state index contributed by atoms with van der Waals surface area (Å²) in [4.78, 5) is 1.52. The Labute approximate surface area is 69.8 Å². The maximum Gasteiger partial charge on any atom is 0.0561 e. The third-order valence-electron chi connectivity index (χ3n) is 3.49. The predicted molar refractivity (Wildman–Crippen MR) is 46.1 cm³/mol. The maximum absolute atomic E-state index is 4.11. The van der Waals surface area contributed by atoms with Gasteiger partial charge in [0.05, 0.1) is 13.1 Å². The van der Waals surface area contributed by atoms with Gasteiger partial charge in [0.2, 0.25) is 0 Å². The van der Waals surface area contributed by atoms with Crippen LogP contribution in [0.4, 0.5) is 0 Å². The van der Waals surface area contributed by atoms with Crippen LogP contribution in [0.25, 0.3) is 0 Å². The number of likely N-dealkylation sites (tertiary alicyclic amines) is 1. The lowest BCUT2D eigenvalue weighted by Gasteiger charge is -2.40. The van der Waals surface area contributed by atoms with Gasteiger partial charge < -0.3 is 4.90 Å². The summed E-state index contributed by atoms with van der Waals surface area (Å²) in [5.41, 5.74) is 0. The fourth-order valence-corrected chi connectivity index (χ4v) is 2.80. The molecule has 0 aromatic carbocycles. The number of nitrogens with one attached hydrogen (secondary N) is 1. The highest BCUT2D eigenvalue weighted by Crippen LogP contribution is 2.32. The van der Waals surface area contributed by atoms with Crippen LogP contribution in [-0.2, 0) is 0 Å². The summed E-state index contributed by atoms with van der Waals surface area (Å²) in [6.07, 6.45) is 7.42. The van der Waals surface area contributed by atoms with Crippen molar-refractivity contribution in [3.05, 3.63) is 7.05 Å². The van der Waals surface area contributed by atoms with Crippen molar-refractivity contribution in [1.82, 2.24) is 0 Å². The molecule has 1 heterocycles. The molecule has 64 valence electrons. The van der Waals surface area contributed by atoms with E-state index >= 15 is 0 Å². The summed E-state index contributed by atoms with van der Waals surface area (Å²) in [6.45, 7) is 2.67. The number of piperidine rings is 1. The van der Waals surface area contributed by atoms with Crippen LogP contribution in [-0.4, -0.2) is 13.1 Å². The van der Waals surface area contributed by atoms with Gasteiger partial charge >= 0.3 is 0 Å². The molecule has 11 heavy (non-hydrogen) atoms. The summed E-state index contributed by atoms with van der Waals surface area (Å²) in [5, 5.41) is 0. The smallest absolute Gasteiger partial charge is 0.0561 e. The van der Waals surface area contributed by atoms with Crippen molar-refractivity contribution >= 4 is 0 Å². The van der Waals surface area contributed by atoms with E-state index in [2.05, 4.69) is 7.05 Å². The van der Waals surface area contributed by atoms with Crippen molar-refractivity contribution < 1.29 is 4.90 Å². The fraction of sp³-hybridized carbons (Fsp3) is 0.900. The van der Waals surface area contributed by atoms with Crippen LogP contribution in [0.5, 0.6) is 0 Å². The van der Waals surface area contributed by atoms with Gasteiger partial charge in [-0.15, -0.1) is 0 Å². The molecule has 2 rings (SSSR count).